The zero-order chi connectivity index (χ0) is 9.57. The molecule has 0 aromatic heterocycles. The maximum atomic E-state index is 12.1. The first kappa shape index (κ1) is 9.84. The van der Waals surface area contributed by atoms with Gasteiger partial charge in [-0.15, -0.1) is 0 Å². The summed E-state index contributed by atoms with van der Waals surface area (Å²) in [5.41, 5.74) is 0. The van der Waals surface area contributed by atoms with Crippen LogP contribution in [-0.4, -0.2) is 28.0 Å². The third kappa shape index (κ3) is 1.58. The summed E-state index contributed by atoms with van der Waals surface area (Å²) < 4.78 is 60.2. The first-order chi connectivity index (χ1) is 5.26. The molecule has 72 valence electrons. The second-order valence-corrected chi connectivity index (χ2v) is 6.09. The van der Waals surface area contributed by atoms with Crippen molar-refractivity contribution >= 4 is 20.2 Å². The van der Waals surface area contributed by atoms with Crippen molar-refractivity contribution < 1.29 is 29.6 Å². The lowest BCUT2D eigenvalue weighted by Gasteiger charge is -2.20. The minimum absolute atomic E-state index is 0.830. The number of rotatable bonds is 0. The summed E-state index contributed by atoms with van der Waals surface area (Å²) in [5.74, 6) is 0. The lowest BCUT2D eigenvalue weighted by Crippen LogP contribution is -2.40. The quantitative estimate of drug-likeness (QED) is 0.501. The molecule has 0 N–H and O–H groups in total. The number of hydrogen-bond donors (Lipinski definition) is 0. The molecule has 0 saturated carbocycles. The molecule has 0 unspecified atom stereocenters. The highest BCUT2D eigenvalue weighted by atomic mass is 32.3. The van der Waals surface area contributed by atoms with Crippen LogP contribution in [0.25, 0.3) is 0 Å². The van der Waals surface area contributed by atoms with Crippen molar-refractivity contribution in [1.29, 1.82) is 0 Å². The van der Waals surface area contributed by atoms with Gasteiger partial charge in [-0.05, 0) is 6.92 Å². The summed E-state index contributed by atoms with van der Waals surface area (Å²) in [5, 5.41) is 0. The van der Waals surface area contributed by atoms with Gasteiger partial charge < -0.3 is 0 Å². The van der Waals surface area contributed by atoms with Crippen molar-refractivity contribution in [1.82, 2.24) is 0 Å². The van der Waals surface area contributed by atoms with Crippen LogP contribution in [-0.2, 0) is 28.6 Å². The van der Waals surface area contributed by atoms with Gasteiger partial charge in [0.15, 0.2) is 0 Å². The van der Waals surface area contributed by atoms with Crippen LogP contribution in [0.4, 0.5) is 4.39 Å². The lowest BCUT2D eigenvalue weighted by molar-refractivity contribution is -0.0955. The average Bonchev–Trinajstić information content (AvgIpc) is 1.80. The second kappa shape index (κ2) is 2.62. The van der Waals surface area contributed by atoms with Crippen LogP contribution in [0.3, 0.4) is 0 Å². The Kier molecular flexibility index (Phi) is 2.15. The summed E-state index contributed by atoms with van der Waals surface area (Å²) in [7, 11) is -8.81. The lowest BCUT2D eigenvalue weighted by atomic mass is 11.0. The van der Waals surface area contributed by atoms with E-state index in [0.29, 0.717) is 0 Å². The SMILES string of the molecule is CC1S(=O)(=O)OC(F)OS1(=O)=O. The van der Waals surface area contributed by atoms with Crippen molar-refractivity contribution in [2.45, 2.75) is 18.0 Å². The fourth-order valence-corrected chi connectivity index (χ4v) is 2.82. The summed E-state index contributed by atoms with van der Waals surface area (Å²) in [4.78, 5) is 0. The fraction of sp³-hybridized carbons (Fsp3) is 1.00. The van der Waals surface area contributed by atoms with E-state index in [2.05, 4.69) is 8.37 Å². The molecule has 1 aliphatic heterocycles. The molecular formula is C3H5FO6S2. The summed E-state index contributed by atoms with van der Waals surface area (Å²) in [6.45, 7) is -1.94. The van der Waals surface area contributed by atoms with E-state index in [9.17, 15) is 21.2 Å². The van der Waals surface area contributed by atoms with Crippen LogP contribution in [0.5, 0.6) is 0 Å². The van der Waals surface area contributed by atoms with Gasteiger partial charge in [0.1, 0.15) is 0 Å². The highest BCUT2D eigenvalue weighted by Crippen LogP contribution is 2.23. The molecule has 1 heterocycles. The van der Waals surface area contributed by atoms with Gasteiger partial charge in [0.2, 0.25) is 4.58 Å². The number of alkyl halides is 1. The van der Waals surface area contributed by atoms with E-state index >= 15 is 0 Å². The van der Waals surface area contributed by atoms with E-state index in [1.54, 1.807) is 0 Å². The van der Waals surface area contributed by atoms with Crippen LogP contribution < -0.4 is 0 Å². The molecule has 12 heavy (non-hydrogen) atoms. The Labute approximate surface area is 68.5 Å². The summed E-state index contributed by atoms with van der Waals surface area (Å²) in [6, 6.07) is 0. The fourth-order valence-electron chi connectivity index (χ4n) is 0.528. The Hall–Kier alpha value is -0.250. The highest BCUT2D eigenvalue weighted by molar-refractivity contribution is 8.05. The predicted octanol–water partition coefficient (Wildman–Crippen LogP) is -0.708. The third-order valence-corrected chi connectivity index (χ3v) is 5.11. The molecule has 0 atom stereocenters. The van der Waals surface area contributed by atoms with E-state index in [4.69, 9.17) is 0 Å². The molecule has 0 spiro atoms. The molecular weight excluding hydrogens is 215 g/mol. The molecule has 0 amide bonds. The highest BCUT2D eigenvalue weighted by Gasteiger charge is 2.45. The van der Waals surface area contributed by atoms with E-state index in [-0.39, 0.29) is 0 Å². The average molecular weight is 220 g/mol. The smallest absolute Gasteiger partial charge is 0.205 e. The van der Waals surface area contributed by atoms with Gasteiger partial charge in [-0.25, -0.2) is 8.37 Å². The standard InChI is InChI=1S/C3H5FO6S2/c1-2-11(5,6)9-3(4)10-12(2,7)8/h2-3H,1H3. The minimum atomic E-state index is -4.41. The monoisotopic (exact) mass is 220 g/mol. The van der Waals surface area contributed by atoms with Crippen molar-refractivity contribution in [3.8, 4) is 0 Å². The summed E-state index contributed by atoms with van der Waals surface area (Å²) >= 11 is 0. The zero-order valence-corrected chi connectivity index (χ0v) is 7.43. The molecule has 1 saturated heterocycles. The number of hydrogen-bond acceptors (Lipinski definition) is 6. The Balaban J connectivity index is 3.18. The minimum Gasteiger partial charge on any atom is -0.205 e. The molecule has 0 bridgehead atoms. The van der Waals surface area contributed by atoms with Gasteiger partial charge in [-0.2, -0.15) is 21.2 Å². The van der Waals surface area contributed by atoms with E-state index in [0.717, 1.165) is 6.92 Å². The van der Waals surface area contributed by atoms with Crippen molar-refractivity contribution in [2.75, 3.05) is 0 Å². The summed E-state index contributed by atoms with van der Waals surface area (Å²) in [6.07, 6.45) is 0. The Bertz CT molecular complexity index is 332. The van der Waals surface area contributed by atoms with Crippen LogP contribution in [0.1, 0.15) is 6.92 Å². The normalized spacial score (nSPS) is 39.2. The van der Waals surface area contributed by atoms with Gasteiger partial charge in [0, 0.05) is 0 Å². The predicted molar refractivity (Wildman–Crippen MR) is 34.4 cm³/mol. The van der Waals surface area contributed by atoms with Crippen LogP contribution >= 0.6 is 0 Å². The van der Waals surface area contributed by atoms with Gasteiger partial charge in [0.05, 0.1) is 0 Å². The van der Waals surface area contributed by atoms with Gasteiger partial charge >= 0.3 is 6.54 Å². The molecule has 1 aliphatic rings. The Morgan fingerprint density at radius 1 is 1.08 bits per heavy atom. The number of halogens is 1. The van der Waals surface area contributed by atoms with Crippen molar-refractivity contribution in [2.24, 2.45) is 0 Å². The van der Waals surface area contributed by atoms with E-state index < -0.39 is 31.4 Å². The molecule has 0 aromatic carbocycles. The van der Waals surface area contributed by atoms with Crippen molar-refractivity contribution in [3.05, 3.63) is 0 Å². The van der Waals surface area contributed by atoms with E-state index in [1.165, 1.54) is 0 Å². The molecule has 0 radical (unpaired) electrons. The second-order valence-electron chi connectivity index (χ2n) is 2.02. The third-order valence-electron chi connectivity index (χ3n) is 1.23. The van der Waals surface area contributed by atoms with Crippen LogP contribution in [0.15, 0.2) is 0 Å². The van der Waals surface area contributed by atoms with Crippen molar-refractivity contribution in [3.63, 3.8) is 0 Å². The molecule has 0 aromatic rings. The molecule has 1 fully saturated rings. The largest absolute Gasteiger partial charge is 0.338 e. The van der Waals surface area contributed by atoms with Gasteiger partial charge in [-0.3, -0.25) is 0 Å². The maximum absolute atomic E-state index is 12.1. The van der Waals surface area contributed by atoms with E-state index in [1.807, 2.05) is 0 Å². The van der Waals surface area contributed by atoms with Gasteiger partial charge in [0.25, 0.3) is 20.2 Å². The first-order valence-electron chi connectivity index (χ1n) is 2.74. The Morgan fingerprint density at radius 3 is 1.75 bits per heavy atom. The molecule has 1 rings (SSSR count). The first-order valence-corrected chi connectivity index (χ1v) is 5.68. The maximum Gasteiger partial charge on any atom is 0.338 e. The Morgan fingerprint density at radius 2 is 1.42 bits per heavy atom. The molecule has 9 heteroatoms. The van der Waals surface area contributed by atoms with Crippen LogP contribution in [0, 0.1) is 0 Å². The zero-order valence-electron chi connectivity index (χ0n) is 5.80. The van der Waals surface area contributed by atoms with Crippen LogP contribution in [0.2, 0.25) is 0 Å². The molecule has 6 nitrogen and oxygen atoms in total. The topological polar surface area (TPSA) is 86.7 Å². The van der Waals surface area contributed by atoms with Gasteiger partial charge in [-0.1, -0.05) is 0 Å². The molecule has 0 aliphatic carbocycles.